The number of urea groups is 1. The van der Waals surface area contributed by atoms with Crippen LogP contribution in [0.2, 0.25) is 0 Å². The molecule has 0 saturated heterocycles. The Bertz CT molecular complexity index is 379. The summed E-state index contributed by atoms with van der Waals surface area (Å²) in [6.45, 7) is 3.82. The Hall–Kier alpha value is -1.97. The van der Waals surface area contributed by atoms with Crippen molar-refractivity contribution in [3.8, 4) is 5.75 Å². The van der Waals surface area contributed by atoms with Gasteiger partial charge in [-0.25, -0.2) is 4.79 Å². The summed E-state index contributed by atoms with van der Waals surface area (Å²) >= 11 is 0. The highest BCUT2D eigenvalue weighted by Gasteiger charge is 1.99. The Morgan fingerprint density at radius 3 is 2.38 bits per heavy atom. The van der Waals surface area contributed by atoms with Gasteiger partial charge in [-0.3, -0.25) is 0 Å². The van der Waals surface area contributed by atoms with Gasteiger partial charge in [0.05, 0.1) is 7.11 Å². The molecule has 0 unspecified atom stereocenters. The lowest BCUT2D eigenvalue weighted by atomic mass is 10.3. The number of methoxy groups -OCH3 is 1. The van der Waals surface area contributed by atoms with Crippen LogP contribution in [0.25, 0.3) is 0 Å². The molecule has 0 bridgehead atoms. The molecule has 0 aliphatic carbocycles. The summed E-state index contributed by atoms with van der Waals surface area (Å²) in [5, 5.41) is 5.31. The van der Waals surface area contributed by atoms with Crippen LogP contribution in [-0.2, 0) is 0 Å². The standard InChI is InChI=1S/C12H16N2O2/c1-9(2)8-13-12(15)14-10-4-6-11(16-3)7-5-10/h4-8H,1-3H3,(H2,13,14,15). The average Bonchev–Trinajstić information content (AvgIpc) is 2.27. The molecule has 0 radical (unpaired) electrons. The van der Waals surface area contributed by atoms with Crippen molar-refractivity contribution < 1.29 is 9.53 Å². The first kappa shape index (κ1) is 12.1. The van der Waals surface area contributed by atoms with Gasteiger partial charge in [0.25, 0.3) is 0 Å². The summed E-state index contributed by atoms with van der Waals surface area (Å²) in [5.41, 5.74) is 1.75. The molecule has 0 atom stereocenters. The third-order valence-corrected chi connectivity index (χ3v) is 1.84. The van der Waals surface area contributed by atoms with Crippen LogP contribution in [0.5, 0.6) is 5.75 Å². The van der Waals surface area contributed by atoms with Crippen molar-refractivity contribution in [2.24, 2.45) is 0 Å². The lowest BCUT2D eigenvalue weighted by molar-refractivity contribution is 0.255. The van der Waals surface area contributed by atoms with E-state index in [4.69, 9.17) is 4.74 Å². The van der Waals surface area contributed by atoms with Crippen molar-refractivity contribution in [3.63, 3.8) is 0 Å². The molecule has 2 amide bonds. The van der Waals surface area contributed by atoms with Crippen LogP contribution in [0.1, 0.15) is 13.8 Å². The Balaban J connectivity index is 2.53. The van der Waals surface area contributed by atoms with Gasteiger partial charge in [0, 0.05) is 11.9 Å². The van der Waals surface area contributed by atoms with Crippen LogP contribution >= 0.6 is 0 Å². The lowest BCUT2D eigenvalue weighted by Gasteiger charge is -2.05. The SMILES string of the molecule is COc1ccc(NC(=O)NC=C(C)C)cc1. The Kier molecular flexibility index (Phi) is 4.39. The number of nitrogens with one attached hydrogen (secondary N) is 2. The highest BCUT2D eigenvalue weighted by Crippen LogP contribution is 2.14. The fraction of sp³-hybridized carbons (Fsp3) is 0.250. The molecule has 86 valence electrons. The predicted molar refractivity (Wildman–Crippen MR) is 64.6 cm³/mol. The molecule has 0 saturated carbocycles. The molecule has 4 heteroatoms. The smallest absolute Gasteiger partial charge is 0.323 e. The van der Waals surface area contributed by atoms with E-state index in [1.54, 1.807) is 37.6 Å². The largest absolute Gasteiger partial charge is 0.497 e. The predicted octanol–water partition coefficient (Wildman–Crippen LogP) is 2.74. The Morgan fingerprint density at radius 2 is 1.88 bits per heavy atom. The minimum atomic E-state index is -0.258. The highest BCUT2D eigenvalue weighted by molar-refractivity contribution is 5.89. The van der Waals surface area contributed by atoms with Crippen LogP contribution in [0, 0.1) is 0 Å². The van der Waals surface area contributed by atoms with Gasteiger partial charge in [0.2, 0.25) is 0 Å². The summed E-state index contributed by atoms with van der Waals surface area (Å²) in [7, 11) is 1.60. The third kappa shape index (κ3) is 4.04. The first-order valence-corrected chi connectivity index (χ1v) is 4.97. The maximum Gasteiger partial charge on any atom is 0.323 e. The molecule has 1 rings (SSSR count). The van der Waals surface area contributed by atoms with Crippen molar-refractivity contribution in [1.82, 2.24) is 5.32 Å². The van der Waals surface area contributed by atoms with Gasteiger partial charge in [-0.2, -0.15) is 0 Å². The van der Waals surface area contributed by atoms with Gasteiger partial charge in [0.1, 0.15) is 5.75 Å². The minimum absolute atomic E-state index is 0.258. The van der Waals surface area contributed by atoms with Crippen LogP contribution in [-0.4, -0.2) is 13.1 Å². The van der Waals surface area contributed by atoms with Crippen LogP contribution < -0.4 is 15.4 Å². The second kappa shape index (κ2) is 5.80. The molecule has 1 aromatic rings. The molecule has 2 N–H and O–H groups in total. The monoisotopic (exact) mass is 220 g/mol. The highest BCUT2D eigenvalue weighted by atomic mass is 16.5. The normalized spacial score (nSPS) is 9.19. The van der Waals surface area contributed by atoms with E-state index < -0.39 is 0 Å². The van der Waals surface area contributed by atoms with Crippen LogP contribution in [0.4, 0.5) is 10.5 Å². The number of ether oxygens (including phenoxy) is 1. The average molecular weight is 220 g/mol. The van der Waals surface area contributed by atoms with Gasteiger partial charge in [-0.15, -0.1) is 0 Å². The summed E-state index contributed by atoms with van der Waals surface area (Å²) in [4.78, 5) is 11.4. The molecule has 16 heavy (non-hydrogen) atoms. The van der Waals surface area contributed by atoms with Crippen molar-refractivity contribution in [2.75, 3.05) is 12.4 Å². The van der Waals surface area contributed by atoms with Crippen molar-refractivity contribution >= 4 is 11.7 Å². The van der Waals surface area contributed by atoms with E-state index >= 15 is 0 Å². The third-order valence-electron chi connectivity index (χ3n) is 1.84. The van der Waals surface area contributed by atoms with E-state index in [-0.39, 0.29) is 6.03 Å². The summed E-state index contributed by atoms with van der Waals surface area (Å²) in [5.74, 6) is 0.759. The van der Waals surface area contributed by atoms with E-state index in [1.165, 1.54) is 0 Å². The number of carbonyl (C=O) groups is 1. The zero-order chi connectivity index (χ0) is 12.0. The van der Waals surface area contributed by atoms with Crippen molar-refractivity contribution in [1.29, 1.82) is 0 Å². The van der Waals surface area contributed by atoms with Crippen LogP contribution in [0.15, 0.2) is 36.0 Å². The Morgan fingerprint density at radius 1 is 1.25 bits per heavy atom. The molecular formula is C12H16N2O2. The number of allylic oxidation sites excluding steroid dienone is 1. The molecule has 0 heterocycles. The molecule has 0 aromatic heterocycles. The van der Waals surface area contributed by atoms with Crippen molar-refractivity contribution in [3.05, 3.63) is 36.0 Å². The number of benzene rings is 1. The number of amides is 2. The zero-order valence-corrected chi connectivity index (χ0v) is 9.70. The first-order valence-electron chi connectivity index (χ1n) is 4.97. The maximum atomic E-state index is 11.4. The number of hydrogen-bond acceptors (Lipinski definition) is 2. The van der Waals surface area contributed by atoms with Crippen LogP contribution in [0.3, 0.4) is 0 Å². The minimum Gasteiger partial charge on any atom is -0.497 e. The summed E-state index contributed by atoms with van der Waals surface area (Å²) < 4.78 is 5.02. The first-order chi connectivity index (χ1) is 7.61. The molecule has 4 nitrogen and oxygen atoms in total. The van der Waals surface area contributed by atoms with Gasteiger partial charge in [-0.1, -0.05) is 5.57 Å². The molecule has 0 spiro atoms. The molecule has 0 aliphatic heterocycles. The van der Waals surface area contributed by atoms with Gasteiger partial charge >= 0.3 is 6.03 Å². The van der Waals surface area contributed by atoms with Crippen molar-refractivity contribution in [2.45, 2.75) is 13.8 Å². The molecular weight excluding hydrogens is 204 g/mol. The van der Waals surface area contributed by atoms with Gasteiger partial charge in [0.15, 0.2) is 0 Å². The van der Waals surface area contributed by atoms with E-state index in [0.29, 0.717) is 0 Å². The van der Waals surface area contributed by atoms with Gasteiger partial charge < -0.3 is 15.4 Å². The number of carbonyl (C=O) groups excluding carboxylic acids is 1. The number of hydrogen-bond donors (Lipinski definition) is 2. The number of rotatable bonds is 3. The summed E-state index contributed by atoms with van der Waals surface area (Å²) in [6, 6.07) is 6.88. The van der Waals surface area contributed by atoms with Gasteiger partial charge in [-0.05, 0) is 38.1 Å². The van der Waals surface area contributed by atoms with E-state index in [9.17, 15) is 4.79 Å². The van der Waals surface area contributed by atoms with E-state index in [1.807, 2.05) is 13.8 Å². The quantitative estimate of drug-likeness (QED) is 0.822. The molecule has 0 aliphatic rings. The number of anilines is 1. The molecule has 1 aromatic carbocycles. The lowest BCUT2D eigenvalue weighted by Crippen LogP contribution is -2.24. The fourth-order valence-electron chi connectivity index (χ4n) is 1.05. The second-order valence-electron chi connectivity index (χ2n) is 3.55. The maximum absolute atomic E-state index is 11.4. The fourth-order valence-corrected chi connectivity index (χ4v) is 1.05. The Labute approximate surface area is 95.3 Å². The zero-order valence-electron chi connectivity index (χ0n) is 9.70. The summed E-state index contributed by atoms with van der Waals surface area (Å²) in [6.07, 6.45) is 1.65. The van der Waals surface area contributed by atoms with E-state index in [2.05, 4.69) is 10.6 Å². The molecule has 0 fully saturated rings. The topological polar surface area (TPSA) is 50.4 Å². The second-order valence-corrected chi connectivity index (χ2v) is 3.55. The van der Waals surface area contributed by atoms with E-state index in [0.717, 1.165) is 17.0 Å².